The molecule has 0 bridgehead atoms. The standard InChI is InChI=1S/C16H18ClNO3/c1-3-18-13(10-11-4-6-12(17)7-5-11)14-8-9-15(21-14)16(19)20-2/h4-9,13,18H,3,10H2,1-2H3. The number of carbonyl (C=O) groups excluding carboxylic acids is 1. The molecule has 4 nitrogen and oxygen atoms in total. The van der Waals surface area contributed by atoms with Gasteiger partial charge in [-0.25, -0.2) is 4.79 Å². The van der Waals surface area contributed by atoms with E-state index in [1.54, 1.807) is 12.1 Å². The number of furan rings is 1. The molecule has 0 aliphatic heterocycles. The molecule has 0 amide bonds. The molecule has 1 unspecified atom stereocenters. The van der Waals surface area contributed by atoms with Crippen molar-refractivity contribution < 1.29 is 13.9 Å². The van der Waals surface area contributed by atoms with Gasteiger partial charge in [0.25, 0.3) is 0 Å². The van der Waals surface area contributed by atoms with Crippen LogP contribution in [0.3, 0.4) is 0 Å². The normalized spacial score (nSPS) is 12.1. The van der Waals surface area contributed by atoms with Crippen molar-refractivity contribution in [1.82, 2.24) is 5.32 Å². The highest BCUT2D eigenvalue weighted by Gasteiger charge is 2.18. The molecule has 1 heterocycles. The Hall–Kier alpha value is -1.78. The maximum Gasteiger partial charge on any atom is 0.373 e. The Balaban J connectivity index is 2.16. The molecule has 5 heteroatoms. The number of nitrogens with one attached hydrogen (secondary N) is 1. The fraction of sp³-hybridized carbons (Fsp3) is 0.312. The molecule has 1 aromatic carbocycles. The van der Waals surface area contributed by atoms with Crippen molar-refractivity contribution in [3.63, 3.8) is 0 Å². The predicted molar refractivity (Wildman–Crippen MR) is 81.6 cm³/mol. The Morgan fingerprint density at radius 3 is 2.62 bits per heavy atom. The zero-order chi connectivity index (χ0) is 15.2. The number of halogens is 1. The van der Waals surface area contributed by atoms with Crippen molar-refractivity contribution in [2.45, 2.75) is 19.4 Å². The van der Waals surface area contributed by atoms with Gasteiger partial charge < -0.3 is 14.5 Å². The highest BCUT2D eigenvalue weighted by Crippen LogP contribution is 2.22. The second-order valence-corrected chi connectivity index (χ2v) is 5.07. The molecule has 1 atom stereocenters. The van der Waals surface area contributed by atoms with Gasteiger partial charge in [-0.1, -0.05) is 30.7 Å². The monoisotopic (exact) mass is 307 g/mol. The van der Waals surface area contributed by atoms with E-state index in [4.69, 9.17) is 16.0 Å². The lowest BCUT2D eigenvalue weighted by molar-refractivity contribution is 0.0562. The summed E-state index contributed by atoms with van der Waals surface area (Å²) in [5.41, 5.74) is 1.14. The molecule has 1 aromatic heterocycles. The number of rotatable bonds is 6. The van der Waals surface area contributed by atoms with E-state index in [0.29, 0.717) is 10.8 Å². The summed E-state index contributed by atoms with van der Waals surface area (Å²) in [5, 5.41) is 4.07. The average Bonchev–Trinajstić information content (AvgIpc) is 2.98. The zero-order valence-electron chi connectivity index (χ0n) is 12.1. The van der Waals surface area contributed by atoms with Crippen LogP contribution in [0.2, 0.25) is 5.02 Å². The van der Waals surface area contributed by atoms with Crippen molar-refractivity contribution in [2.24, 2.45) is 0 Å². The fourth-order valence-electron chi connectivity index (χ4n) is 2.13. The summed E-state index contributed by atoms with van der Waals surface area (Å²) in [6, 6.07) is 11.1. The Kier molecular flexibility index (Phi) is 5.42. The van der Waals surface area contributed by atoms with E-state index >= 15 is 0 Å². The van der Waals surface area contributed by atoms with E-state index in [1.165, 1.54) is 7.11 Å². The molecule has 0 radical (unpaired) electrons. The molecule has 0 aliphatic rings. The second-order valence-electron chi connectivity index (χ2n) is 4.63. The average molecular weight is 308 g/mol. The summed E-state index contributed by atoms with van der Waals surface area (Å²) in [6.45, 7) is 2.82. The van der Waals surface area contributed by atoms with Crippen molar-refractivity contribution >= 4 is 17.6 Å². The van der Waals surface area contributed by atoms with Gasteiger partial charge in [-0.3, -0.25) is 0 Å². The van der Waals surface area contributed by atoms with E-state index < -0.39 is 5.97 Å². The maximum atomic E-state index is 11.5. The van der Waals surface area contributed by atoms with Crippen LogP contribution in [0.1, 0.15) is 34.8 Å². The third-order valence-corrected chi connectivity index (χ3v) is 3.41. The number of methoxy groups -OCH3 is 1. The van der Waals surface area contributed by atoms with Gasteiger partial charge in [0.15, 0.2) is 0 Å². The van der Waals surface area contributed by atoms with Gasteiger partial charge in [0.2, 0.25) is 5.76 Å². The molecule has 0 saturated heterocycles. The first-order valence-corrected chi connectivity index (χ1v) is 7.17. The molecule has 1 N–H and O–H groups in total. The molecule has 21 heavy (non-hydrogen) atoms. The lowest BCUT2D eigenvalue weighted by Gasteiger charge is -2.15. The molecule has 2 aromatic rings. The summed E-state index contributed by atoms with van der Waals surface area (Å²) in [4.78, 5) is 11.5. The third-order valence-electron chi connectivity index (χ3n) is 3.16. The quantitative estimate of drug-likeness (QED) is 0.828. The number of carbonyl (C=O) groups is 1. The van der Waals surface area contributed by atoms with E-state index in [0.717, 1.165) is 18.5 Å². The summed E-state index contributed by atoms with van der Waals surface area (Å²) in [6.07, 6.45) is 0.749. The molecule has 0 saturated carbocycles. The van der Waals surface area contributed by atoms with Crippen LogP contribution in [0.5, 0.6) is 0 Å². The van der Waals surface area contributed by atoms with Crippen molar-refractivity contribution in [3.8, 4) is 0 Å². The van der Waals surface area contributed by atoms with Crippen molar-refractivity contribution in [2.75, 3.05) is 13.7 Å². The van der Waals surface area contributed by atoms with Crippen LogP contribution < -0.4 is 5.32 Å². The maximum absolute atomic E-state index is 11.5. The van der Waals surface area contributed by atoms with Gasteiger partial charge in [-0.2, -0.15) is 0 Å². The van der Waals surface area contributed by atoms with Gasteiger partial charge in [-0.15, -0.1) is 0 Å². The second kappa shape index (κ2) is 7.29. The number of esters is 1. The molecule has 0 spiro atoms. The third kappa shape index (κ3) is 4.09. The topological polar surface area (TPSA) is 51.5 Å². The molecule has 0 aliphatic carbocycles. The van der Waals surface area contributed by atoms with Crippen molar-refractivity contribution in [3.05, 3.63) is 58.5 Å². The minimum absolute atomic E-state index is 0.00502. The van der Waals surface area contributed by atoms with Crippen LogP contribution in [0.25, 0.3) is 0 Å². The van der Waals surface area contributed by atoms with Crippen LogP contribution in [0.15, 0.2) is 40.8 Å². The predicted octanol–water partition coefficient (Wildman–Crippen LogP) is 3.61. The minimum Gasteiger partial charge on any atom is -0.463 e. The van der Waals surface area contributed by atoms with Gasteiger partial charge in [0, 0.05) is 5.02 Å². The number of hydrogen-bond acceptors (Lipinski definition) is 4. The highest BCUT2D eigenvalue weighted by molar-refractivity contribution is 6.30. The SMILES string of the molecule is CCNC(Cc1ccc(Cl)cc1)c1ccc(C(=O)OC)o1. The van der Waals surface area contributed by atoms with Crippen LogP contribution >= 0.6 is 11.6 Å². The first-order valence-electron chi connectivity index (χ1n) is 6.80. The zero-order valence-corrected chi connectivity index (χ0v) is 12.8. The summed E-state index contributed by atoms with van der Waals surface area (Å²) in [5.74, 6) is 0.460. The van der Waals surface area contributed by atoms with E-state index in [9.17, 15) is 4.79 Å². The van der Waals surface area contributed by atoms with Crippen molar-refractivity contribution in [1.29, 1.82) is 0 Å². The van der Waals surface area contributed by atoms with Gasteiger partial charge >= 0.3 is 5.97 Å². The highest BCUT2D eigenvalue weighted by atomic mass is 35.5. The van der Waals surface area contributed by atoms with Crippen LogP contribution in [0, 0.1) is 0 Å². The first-order chi connectivity index (χ1) is 10.1. The first kappa shape index (κ1) is 15.6. The molecular weight excluding hydrogens is 290 g/mol. The molecule has 112 valence electrons. The Morgan fingerprint density at radius 2 is 2.00 bits per heavy atom. The van der Waals surface area contributed by atoms with Crippen LogP contribution in [0.4, 0.5) is 0 Å². The largest absolute Gasteiger partial charge is 0.463 e. The molecular formula is C16H18ClNO3. The van der Waals surface area contributed by atoms with Gasteiger partial charge in [-0.05, 0) is 42.8 Å². The summed E-state index contributed by atoms with van der Waals surface area (Å²) in [7, 11) is 1.33. The molecule has 2 rings (SSSR count). The Bertz CT molecular complexity index is 592. The minimum atomic E-state index is -0.469. The Morgan fingerprint density at radius 1 is 1.29 bits per heavy atom. The lowest BCUT2D eigenvalue weighted by Crippen LogP contribution is -2.22. The van der Waals surface area contributed by atoms with Gasteiger partial charge in [0.05, 0.1) is 13.2 Å². The van der Waals surface area contributed by atoms with E-state index in [-0.39, 0.29) is 11.8 Å². The number of hydrogen-bond donors (Lipinski definition) is 1. The van der Waals surface area contributed by atoms with Crippen LogP contribution in [-0.4, -0.2) is 19.6 Å². The summed E-state index contributed by atoms with van der Waals surface area (Å²) >= 11 is 5.89. The number of benzene rings is 1. The number of ether oxygens (including phenoxy) is 1. The number of likely N-dealkylation sites (N-methyl/N-ethyl adjacent to an activating group) is 1. The molecule has 0 fully saturated rings. The van der Waals surface area contributed by atoms with E-state index in [1.807, 2.05) is 31.2 Å². The lowest BCUT2D eigenvalue weighted by atomic mass is 10.0. The summed E-state index contributed by atoms with van der Waals surface area (Å²) < 4.78 is 10.2. The Labute approximate surface area is 129 Å². The van der Waals surface area contributed by atoms with E-state index in [2.05, 4.69) is 10.1 Å². The smallest absolute Gasteiger partial charge is 0.373 e. The van der Waals surface area contributed by atoms with Crippen LogP contribution in [-0.2, 0) is 11.2 Å². The fourth-order valence-corrected chi connectivity index (χ4v) is 2.25. The van der Waals surface area contributed by atoms with Gasteiger partial charge in [0.1, 0.15) is 5.76 Å².